The molecular weight excluding hydrogens is 164 g/mol. The third kappa shape index (κ3) is 2.38. The van der Waals surface area contributed by atoms with Crippen molar-refractivity contribution in [1.29, 1.82) is 0 Å². The van der Waals surface area contributed by atoms with Gasteiger partial charge in [0.2, 0.25) is 0 Å². The van der Waals surface area contributed by atoms with Crippen LogP contribution in [0.5, 0.6) is 11.5 Å². The molecule has 1 atom stereocenters. The summed E-state index contributed by atoms with van der Waals surface area (Å²) in [6.07, 6.45) is 2.15. The third-order valence-electron chi connectivity index (χ3n) is 2.27. The van der Waals surface area contributed by atoms with Gasteiger partial charge in [-0.1, -0.05) is 26.3 Å². The molecule has 0 bridgehead atoms. The maximum absolute atomic E-state index is 9.53. The Morgan fingerprint density at radius 1 is 1.31 bits per heavy atom. The van der Waals surface area contributed by atoms with E-state index in [1.165, 1.54) is 6.07 Å². The Hall–Kier alpha value is -1.18. The Balaban J connectivity index is 2.88. The molecule has 1 aromatic rings. The van der Waals surface area contributed by atoms with Crippen LogP contribution < -0.4 is 0 Å². The van der Waals surface area contributed by atoms with Crippen molar-refractivity contribution >= 4 is 0 Å². The SMILES string of the molecule is CCCC(C)c1ccc(O)cc1O. The van der Waals surface area contributed by atoms with Crippen LogP contribution in [0, 0.1) is 0 Å². The lowest BCUT2D eigenvalue weighted by Gasteiger charge is -2.12. The van der Waals surface area contributed by atoms with E-state index in [2.05, 4.69) is 13.8 Å². The highest BCUT2D eigenvalue weighted by Gasteiger charge is 2.09. The van der Waals surface area contributed by atoms with Gasteiger partial charge in [-0.05, 0) is 24.0 Å². The maximum atomic E-state index is 9.53. The first-order chi connectivity index (χ1) is 6.15. The van der Waals surface area contributed by atoms with Crippen molar-refractivity contribution in [3.8, 4) is 11.5 Å². The van der Waals surface area contributed by atoms with E-state index in [0.29, 0.717) is 5.92 Å². The van der Waals surface area contributed by atoms with Crippen LogP contribution in [-0.2, 0) is 0 Å². The number of benzene rings is 1. The monoisotopic (exact) mass is 180 g/mol. The van der Waals surface area contributed by atoms with Gasteiger partial charge in [-0.15, -0.1) is 0 Å². The molecular formula is C11H16O2. The molecule has 0 fully saturated rings. The Morgan fingerprint density at radius 2 is 2.00 bits per heavy atom. The lowest BCUT2D eigenvalue weighted by atomic mass is 9.96. The Kier molecular flexibility index (Phi) is 3.18. The molecule has 2 heteroatoms. The van der Waals surface area contributed by atoms with E-state index in [-0.39, 0.29) is 11.5 Å². The summed E-state index contributed by atoms with van der Waals surface area (Å²) < 4.78 is 0. The van der Waals surface area contributed by atoms with Crippen molar-refractivity contribution in [2.45, 2.75) is 32.6 Å². The van der Waals surface area contributed by atoms with E-state index >= 15 is 0 Å². The summed E-state index contributed by atoms with van der Waals surface area (Å²) >= 11 is 0. The van der Waals surface area contributed by atoms with E-state index in [1.54, 1.807) is 12.1 Å². The van der Waals surface area contributed by atoms with E-state index < -0.39 is 0 Å². The topological polar surface area (TPSA) is 40.5 Å². The summed E-state index contributed by atoms with van der Waals surface area (Å²) in [5, 5.41) is 18.6. The van der Waals surface area contributed by atoms with Crippen molar-refractivity contribution in [2.24, 2.45) is 0 Å². The molecule has 72 valence electrons. The van der Waals surface area contributed by atoms with E-state index in [9.17, 15) is 5.11 Å². The lowest BCUT2D eigenvalue weighted by molar-refractivity contribution is 0.441. The van der Waals surface area contributed by atoms with Crippen LogP contribution in [0.15, 0.2) is 18.2 Å². The van der Waals surface area contributed by atoms with Gasteiger partial charge in [0.05, 0.1) is 0 Å². The molecule has 0 saturated heterocycles. The summed E-state index contributed by atoms with van der Waals surface area (Å²) in [5.41, 5.74) is 0.916. The van der Waals surface area contributed by atoms with Gasteiger partial charge in [0.15, 0.2) is 0 Å². The van der Waals surface area contributed by atoms with Gasteiger partial charge < -0.3 is 10.2 Å². The highest BCUT2D eigenvalue weighted by atomic mass is 16.3. The lowest BCUT2D eigenvalue weighted by Crippen LogP contribution is -1.92. The van der Waals surface area contributed by atoms with E-state index in [4.69, 9.17) is 5.11 Å². The Morgan fingerprint density at radius 3 is 2.54 bits per heavy atom. The normalized spacial score (nSPS) is 12.8. The fourth-order valence-corrected chi connectivity index (χ4v) is 1.54. The predicted octanol–water partition coefficient (Wildman–Crippen LogP) is 3.00. The largest absolute Gasteiger partial charge is 0.508 e. The molecule has 1 unspecified atom stereocenters. The van der Waals surface area contributed by atoms with Gasteiger partial charge in [-0.2, -0.15) is 0 Å². The van der Waals surface area contributed by atoms with Gasteiger partial charge in [0, 0.05) is 6.07 Å². The third-order valence-corrected chi connectivity index (χ3v) is 2.27. The van der Waals surface area contributed by atoms with Crippen LogP contribution >= 0.6 is 0 Å². The first-order valence-corrected chi connectivity index (χ1v) is 4.67. The summed E-state index contributed by atoms with van der Waals surface area (Å²) in [7, 11) is 0. The van der Waals surface area contributed by atoms with Crippen LogP contribution in [0.1, 0.15) is 38.2 Å². The Labute approximate surface area is 78.8 Å². The molecule has 1 aromatic carbocycles. The zero-order valence-corrected chi connectivity index (χ0v) is 8.12. The van der Waals surface area contributed by atoms with Crippen molar-refractivity contribution < 1.29 is 10.2 Å². The fourth-order valence-electron chi connectivity index (χ4n) is 1.54. The molecule has 0 spiro atoms. The summed E-state index contributed by atoms with van der Waals surface area (Å²) in [6.45, 7) is 4.20. The molecule has 2 N–H and O–H groups in total. The number of hydrogen-bond donors (Lipinski definition) is 2. The first kappa shape index (κ1) is 9.90. The molecule has 13 heavy (non-hydrogen) atoms. The highest BCUT2D eigenvalue weighted by molar-refractivity contribution is 5.40. The second kappa shape index (κ2) is 4.17. The Bertz CT molecular complexity index is 281. The summed E-state index contributed by atoms with van der Waals surface area (Å²) in [4.78, 5) is 0. The number of hydrogen-bond acceptors (Lipinski definition) is 2. The minimum Gasteiger partial charge on any atom is -0.508 e. The van der Waals surface area contributed by atoms with Crippen LogP contribution in [0.2, 0.25) is 0 Å². The second-order valence-electron chi connectivity index (χ2n) is 3.43. The number of rotatable bonds is 3. The zero-order chi connectivity index (χ0) is 9.84. The highest BCUT2D eigenvalue weighted by Crippen LogP contribution is 2.31. The van der Waals surface area contributed by atoms with Crippen molar-refractivity contribution in [1.82, 2.24) is 0 Å². The first-order valence-electron chi connectivity index (χ1n) is 4.67. The molecule has 0 amide bonds. The van der Waals surface area contributed by atoms with Crippen molar-refractivity contribution in [3.05, 3.63) is 23.8 Å². The van der Waals surface area contributed by atoms with Gasteiger partial charge in [0.1, 0.15) is 11.5 Å². The number of aromatic hydroxyl groups is 2. The van der Waals surface area contributed by atoms with Crippen LogP contribution in [0.3, 0.4) is 0 Å². The minimum absolute atomic E-state index is 0.116. The van der Waals surface area contributed by atoms with E-state index in [1.807, 2.05) is 0 Å². The maximum Gasteiger partial charge on any atom is 0.122 e. The van der Waals surface area contributed by atoms with Crippen molar-refractivity contribution in [3.63, 3.8) is 0 Å². The molecule has 2 nitrogen and oxygen atoms in total. The summed E-state index contributed by atoms with van der Waals surface area (Å²) in [5.74, 6) is 0.663. The average molecular weight is 180 g/mol. The molecule has 0 aromatic heterocycles. The van der Waals surface area contributed by atoms with Crippen LogP contribution in [0.4, 0.5) is 0 Å². The molecule has 0 aliphatic rings. The smallest absolute Gasteiger partial charge is 0.122 e. The van der Waals surface area contributed by atoms with Gasteiger partial charge in [-0.3, -0.25) is 0 Å². The zero-order valence-electron chi connectivity index (χ0n) is 8.12. The molecule has 0 heterocycles. The predicted molar refractivity (Wildman–Crippen MR) is 53.1 cm³/mol. The van der Waals surface area contributed by atoms with Gasteiger partial charge >= 0.3 is 0 Å². The minimum atomic E-state index is 0.116. The van der Waals surface area contributed by atoms with Crippen LogP contribution in [0.25, 0.3) is 0 Å². The van der Waals surface area contributed by atoms with Gasteiger partial charge in [0.25, 0.3) is 0 Å². The average Bonchev–Trinajstić information content (AvgIpc) is 2.04. The number of phenolic OH excluding ortho intramolecular Hbond substituents is 2. The molecule has 0 radical (unpaired) electrons. The van der Waals surface area contributed by atoms with Gasteiger partial charge in [-0.25, -0.2) is 0 Å². The molecule has 1 rings (SSSR count). The van der Waals surface area contributed by atoms with E-state index in [0.717, 1.165) is 18.4 Å². The fraction of sp³-hybridized carbons (Fsp3) is 0.455. The molecule has 0 aliphatic carbocycles. The van der Waals surface area contributed by atoms with Crippen LogP contribution in [-0.4, -0.2) is 10.2 Å². The molecule has 0 saturated carbocycles. The molecule has 0 aliphatic heterocycles. The quantitative estimate of drug-likeness (QED) is 0.750. The number of phenols is 2. The summed E-state index contributed by atoms with van der Waals surface area (Å²) in [6, 6.07) is 4.79. The second-order valence-corrected chi connectivity index (χ2v) is 3.43. The van der Waals surface area contributed by atoms with Crippen molar-refractivity contribution in [2.75, 3.05) is 0 Å². The standard InChI is InChI=1S/C11H16O2/c1-3-4-8(2)10-6-5-9(12)7-11(10)13/h5-8,12-13H,3-4H2,1-2H3.